The third-order valence-electron chi connectivity index (χ3n) is 4.91. The third-order valence-corrected chi connectivity index (χ3v) is 7.49. The Balaban J connectivity index is 1.86. The molecule has 0 saturated heterocycles. The maximum absolute atomic E-state index is 13.4. The van der Waals surface area contributed by atoms with E-state index in [1.807, 2.05) is 24.3 Å². The molecule has 2 heterocycles. The standard InChI is InChI=1S/C19H16Cl2N2O4S/c1-27-19(24)17-9-13-12-4-2-3-5-15(12)22-16(13)10-23(17)28(25,26)18-8-11(20)6-7-14(18)21/h2-8,17,22H,9-10H2,1H3/t17-/m1/s1. The summed E-state index contributed by atoms with van der Waals surface area (Å²) in [5.41, 5.74) is 2.54. The molecule has 4 rings (SSSR count). The van der Waals surface area contributed by atoms with Crippen LogP contribution in [-0.2, 0) is 32.5 Å². The van der Waals surface area contributed by atoms with E-state index in [2.05, 4.69) is 4.98 Å². The fraction of sp³-hybridized carbons (Fsp3) is 0.211. The molecule has 0 radical (unpaired) electrons. The number of hydrogen-bond donors (Lipinski definition) is 1. The number of aromatic nitrogens is 1. The first-order valence-corrected chi connectivity index (χ1v) is 10.7. The Bertz CT molecular complexity index is 1190. The Morgan fingerprint density at radius 3 is 2.71 bits per heavy atom. The number of sulfonamides is 1. The number of nitrogens with zero attached hydrogens (tertiary/aromatic N) is 1. The Kier molecular flexibility index (Phi) is 4.87. The number of H-pyrrole nitrogens is 1. The molecular formula is C19H16Cl2N2O4S. The Morgan fingerprint density at radius 1 is 1.21 bits per heavy atom. The predicted octanol–water partition coefficient (Wildman–Crippen LogP) is 3.76. The molecule has 1 N–H and O–H groups in total. The van der Waals surface area contributed by atoms with Crippen LogP contribution in [0, 0.1) is 0 Å². The van der Waals surface area contributed by atoms with Crippen LogP contribution >= 0.6 is 23.2 Å². The van der Waals surface area contributed by atoms with Crippen molar-refractivity contribution < 1.29 is 17.9 Å². The number of hydrogen-bond acceptors (Lipinski definition) is 4. The van der Waals surface area contributed by atoms with Crippen molar-refractivity contribution in [1.82, 2.24) is 9.29 Å². The van der Waals surface area contributed by atoms with E-state index in [1.165, 1.54) is 25.3 Å². The van der Waals surface area contributed by atoms with Crippen molar-refractivity contribution in [3.05, 3.63) is 63.8 Å². The molecule has 0 unspecified atom stereocenters. The van der Waals surface area contributed by atoms with Gasteiger partial charge in [-0.15, -0.1) is 0 Å². The summed E-state index contributed by atoms with van der Waals surface area (Å²) in [6.45, 7) is -0.00500. The van der Waals surface area contributed by atoms with Gasteiger partial charge in [0.05, 0.1) is 18.7 Å². The average Bonchev–Trinajstić information content (AvgIpc) is 3.05. The lowest BCUT2D eigenvalue weighted by Crippen LogP contribution is -2.49. The van der Waals surface area contributed by atoms with Gasteiger partial charge in [-0.3, -0.25) is 4.79 Å². The number of ether oxygens (including phenoxy) is 1. The van der Waals surface area contributed by atoms with Gasteiger partial charge >= 0.3 is 5.97 Å². The van der Waals surface area contributed by atoms with Crippen LogP contribution in [0.2, 0.25) is 10.0 Å². The number of methoxy groups -OCH3 is 1. The number of aromatic amines is 1. The van der Waals surface area contributed by atoms with Gasteiger partial charge in [0, 0.05) is 28.0 Å². The van der Waals surface area contributed by atoms with Crippen molar-refractivity contribution in [1.29, 1.82) is 0 Å². The van der Waals surface area contributed by atoms with Gasteiger partial charge in [0.1, 0.15) is 10.9 Å². The number of nitrogens with one attached hydrogen (secondary N) is 1. The molecule has 3 aromatic rings. The summed E-state index contributed by atoms with van der Waals surface area (Å²) in [5, 5.41) is 1.24. The van der Waals surface area contributed by atoms with Gasteiger partial charge in [0.25, 0.3) is 0 Å². The number of carbonyl (C=O) groups excluding carboxylic acids is 1. The highest BCUT2D eigenvalue weighted by atomic mass is 35.5. The minimum Gasteiger partial charge on any atom is -0.468 e. The predicted molar refractivity (Wildman–Crippen MR) is 107 cm³/mol. The minimum atomic E-state index is -4.10. The molecule has 1 atom stereocenters. The van der Waals surface area contributed by atoms with Crippen molar-refractivity contribution >= 4 is 50.1 Å². The van der Waals surface area contributed by atoms with E-state index in [0.29, 0.717) is 0 Å². The van der Waals surface area contributed by atoms with Crippen molar-refractivity contribution in [3.63, 3.8) is 0 Å². The molecule has 0 bridgehead atoms. The maximum Gasteiger partial charge on any atom is 0.324 e. The van der Waals surface area contributed by atoms with Gasteiger partial charge in [-0.2, -0.15) is 4.31 Å². The number of rotatable bonds is 3. The van der Waals surface area contributed by atoms with E-state index in [0.717, 1.165) is 26.5 Å². The van der Waals surface area contributed by atoms with Crippen molar-refractivity contribution in [3.8, 4) is 0 Å². The van der Waals surface area contributed by atoms with E-state index >= 15 is 0 Å². The Hall–Kier alpha value is -2.06. The van der Waals surface area contributed by atoms with Gasteiger partial charge in [0.15, 0.2) is 0 Å². The molecule has 146 valence electrons. The van der Waals surface area contributed by atoms with Gasteiger partial charge < -0.3 is 9.72 Å². The molecule has 9 heteroatoms. The van der Waals surface area contributed by atoms with Gasteiger partial charge in [-0.25, -0.2) is 8.42 Å². The fourth-order valence-corrected chi connectivity index (χ4v) is 5.86. The second-order valence-electron chi connectivity index (χ2n) is 6.50. The van der Waals surface area contributed by atoms with Gasteiger partial charge in [0.2, 0.25) is 10.0 Å². The van der Waals surface area contributed by atoms with Crippen LogP contribution in [0.4, 0.5) is 0 Å². The zero-order valence-electron chi connectivity index (χ0n) is 14.8. The molecule has 2 aromatic carbocycles. The van der Waals surface area contributed by atoms with Gasteiger partial charge in [-0.05, 0) is 29.8 Å². The normalized spacial score (nSPS) is 17.5. The second kappa shape index (κ2) is 7.08. The topological polar surface area (TPSA) is 79.5 Å². The number of benzene rings is 2. The zero-order chi connectivity index (χ0) is 20.1. The molecule has 1 aromatic heterocycles. The van der Waals surface area contributed by atoms with Crippen LogP contribution in [0.25, 0.3) is 10.9 Å². The first kappa shape index (κ1) is 19.3. The van der Waals surface area contributed by atoms with Crippen LogP contribution in [0.1, 0.15) is 11.3 Å². The lowest BCUT2D eigenvalue weighted by Gasteiger charge is -2.33. The smallest absolute Gasteiger partial charge is 0.324 e. The number of esters is 1. The van der Waals surface area contributed by atoms with Crippen LogP contribution in [0.15, 0.2) is 47.4 Å². The summed E-state index contributed by atoms with van der Waals surface area (Å²) in [7, 11) is -2.86. The molecule has 1 aliphatic heterocycles. The van der Waals surface area contributed by atoms with Crippen LogP contribution < -0.4 is 0 Å². The zero-order valence-corrected chi connectivity index (χ0v) is 17.1. The Labute approximate surface area is 172 Å². The van der Waals surface area contributed by atoms with E-state index in [-0.39, 0.29) is 27.9 Å². The number of carbonyl (C=O) groups is 1. The molecule has 0 saturated carbocycles. The van der Waals surface area contributed by atoms with E-state index in [9.17, 15) is 13.2 Å². The van der Waals surface area contributed by atoms with Gasteiger partial charge in [-0.1, -0.05) is 41.4 Å². The van der Waals surface area contributed by atoms with Crippen LogP contribution in [0.5, 0.6) is 0 Å². The van der Waals surface area contributed by atoms with Crippen LogP contribution in [0.3, 0.4) is 0 Å². The summed E-state index contributed by atoms with van der Waals surface area (Å²) < 4.78 is 32.8. The maximum atomic E-state index is 13.4. The summed E-state index contributed by atoms with van der Waals surface area (Å²) >= 11 is 12.1. The second-order valence-corrected chi connectivity index (χ2v) is 9.20. The number of para-hydroxylation sites is 1. The summed E-state index contributed by atoms with van der Waals surface area (Å²) in [4.78, 5) is 15.6. The molecule has 28 heavy (non-hydrogen) atoms. The molecule has 6 nitrogen and oxygen atoms in total. The van der Waals surface area contributed by atoms with Crippen LogP contribution in [-0.4, -0.2) is 36.8 Å². The molecule has 0 amide bonds. The molecule has 0 spiro atoms. The monoisotopic (exact) mass is 438 g/mol. The highest BCUT2D eigenvalue weighted by Gasteiger charge is 2.42. The average molecular weight is 439 g/mol. The van der Waals surface area contributed by atoms with E-state index in [4.69, 9.17) is 27.9 Å². The Morgan fingerprint density at radius 2 is 1.96 bits per heavy atom. The highest BCUT2D eigenvalue weighted by Crippen LogP contribution is 2.36. The lowest BCUT2D eigenvalue weighted by molar-refractivity contribution is -0.145. The van der Waals surface area contributed by atoms with E-state index in [1.54, 1.807) is 0 Å². The summed E-state index contributed by atoms with van der Waals surface area (Å²) in [6.07, 6.45) is 0.198. The number of fused-ring (bicyclic) bond motifs is 3. The SMILES string of the molecule is COC(=O)[C@H]1Cc2c([nH]c3ccccc23)CN1S(=O)(=O)c1cc(Cl)ccc1Cl. The summed E-state index contributed by atoms with van der Waals surface area (Å²) in [5.74, 6) is -0.627. The first-order valence-electron chi connectivity index (χ1n) is 8.46. The largest absolute Gasteiger partial charge is 0.468 e. The minimum absolute atomic E-state index is 0.00500. The highest BCUT2D eigenvalue weighted by molar-refractivity contribution is 7.89. The van der Waals surface area contributed by atoms with E-state index < -0.39 is 22.0 Å². The first-order chi connectivity index (χ1) is 13.3. The molecular weight excluding hydrogens is 423 g/mol. The quantitative estimate of drug-likeness (QED) is 0.631. The molecule has 0 fully saturated rings. The molecule has 1 aliphatic rings. The van der Waals surface area contributed by atoms with Crippen molar-refractivity contribution in [2.24, 2.45) is 0 Å². The molecule has 0 aliphatic carbocycles. The fourth-order valence-electron chi connectivity index (χ4n) is 3.58. The number of halogens is 2. The van der Waals surface area contributed by atoms with Crippen molar-refractivity contribution in [2.75, 3.05) is 7.11 Å². The summed E-state index contributed by atoms with van der Waals surface area (Å²) in [6, 6.07) is 10.9. The van der Waals surface area contributed by atoms with Crippen molar-refractivity contribution in [2.45, 2.75) is 23.9 Å². The third kappa shape index (κ3) is 3.08. The lowest BCUT2D eigenvalue weighted by atomic mass is 9.98.